The summed E-state index contributed by atoms with van der Waals surface area (Å²) in [5.41, 5.74) is 0.574. The quantitative estimate of drug-likeness (QED) is 0.239. The van der Waals surface area contributed by atoms with E-state index >= 15 is 0 Å². The minimum Gasteiger partial charge on any atom is -0.497 e. The number of hydrogen-bond donors (Lipinski definition) is 2. The lowest BCUT2D eigenvalue weighted by molar-refractivity contribution is 0.0954. The van der Waals surface area contributed by atoms with Crippen LogP contribution in [0.1, 0.15) is 17.3 Å². The van der Waals surface area contributed by atoms with Gasteiger partial charge in [0.15, 0.2) is 5.96 Å². The van der Waals surface area contributed by atoms with Crippen LogP contribution in [-0.2, 0) is 0 Å². The molecule has 0 unspecified atom stereocenters. The van der Waals surface area contributed by atoms with Gasteiger partial charge < -0.3 is 25.2 Å². The van der Waals surface area contributed by atoms with Gasteiger partial charge in [-0.15, -0.1) is 24.0 Å². The molecule has 0 spiro atoms. The topological polar surface area (TPSA) is 95.0 Å². The first-order valence-electron chi connectivity index (χ1n) is 10.2. The van der Waals surface area contributed by atoms with E-state index in [-0.39, 0.29) is 29.9 Å². The Morgan fingerprint density at radius 1 is 1.13 bits per heavy atom. The van der Waals surface area contributed by atoms with Crippen molar-refractivity contribution in [2.75, 3.05) is 57.8 Å². The van der Waals surface area contributed by atoms with Crippen LogP contribution < -0.4 is 20.3 Å². The monoisotopic (exact) mass is 539 g/mol. The number of anilines is 1. The van der Waals surface area contributed by atoms with Gasteiger partial charge in [-0.1, -0.05) is 6.07 Å². The van der Waals surface area contributed by atoms with Crippen molar-refractivity contribution in [3.8, 4) is 5.75 Å². The van der Waals surface area contributed by atoms with Gasteiger partial charge in [0.2, 0.25) is 5.95 Å². The number of benzene rings is 1. The molecule has 1 aromatic heterocycles. The normalized spacial score (nSPS) is 13.9. The van der Waals surface area contributed by atoms with Crippen LogP contribution in [0.15, 0.2) is 47.7 Å². The van der Waals surface area contributed by atoms with Crippen molar-refractivity contribution in [3.63, 3.8) is 0 Å². The fourth-order valence-electron chi connectivity index (χ4n) is 3.20. The number of piperazine rings is 1. The largest absolute Gasteiger partial charge is 0.497 e. The molecule has 0 radical (unpaired) electrons. The van der Waals surface area contributed by atoms with Crippen molar-refractivity contribution in [2.24, 2.45) is 4.99 Å². The van der Waals surface area contributed by atoms with Crippen LogP contribution in [0.25, 0.3) is 0 Å². The van der Waals surface area contributed by atoms with E-state index in [1.807, 2.05) is 19.1 Å². The van der Waals surface area contributed by atoms with Gasteiger partial charge in [0.1, 0.15) is 5.75 Å². The van der Waals surface area contributed by atoms with Crippen molar-refractivity contribution in [1.82, 2.24) is 25.5 Å². The summed E-state index contributed by atoms with van der Waals surface area (Å²) in [6, 6.07) is 8.92. The highest BCUT2D eigenvalue weighted by Gasteiger charge is 2.21. The number of aromatic nitrogens is 2. The number of rotatable bonds is 7. The Morgan fingerprint density at radius 2 is 1.87 bits per heavy atom. The van der Waals surface area contributed by atoms with Gasteiger partial charge in [0, 0.05) is 57.2 Å². The Bertz CT molecular complexity index is 843. The van der Waals surface area contributed by atoms with Gasteiger partial charge >= 0.3 is 0 Å². The summed E-state index contributed by atoms with van der Waals surface area (Å²) >= 11 is 0. The van der Waals surface area contributed by atoms with E-state index in [9.17, 15) is 4.79 Å². The Morgan fingerprint density at radius 3 is 2.55 bits per heavy atom. The van der Waals surface area contributed by atoms with E-state index < -0.39 is 0 Å². The zero-order valence-electron chi connectivity index (χ0n) is 18.0. The molecule has 1 aliphatic heterocycles. The molecule has 2 aromatic rings. The van der Waals surface area contributed by atoms with E-state index in [0.717, 1.165) is 44.6 Å². The number of amides is 1. The highest BCUT2D eigenvalue weighted by molar-refractivity contribution is 14.0. The number of methoxy groups -OCH3 is 1. The smallest absolute Gasteiger partial charge is 0.251 e. The second-order valence-corrected chi connectivity index (χ2v) is 6.75. The molecular formula is C21H30IN7O2. The maximum absolute atomic E-state index is 12.3. The molecule has 10 heteroatoms. The zero-order valence-corrected chi connectivity index (χ0v) is 20.3. The van der Waals surface area contributed by atoms with Crippen LogP contribution in [0.3, 0.4) is 0 Å². The van der Waals surface area contributed by atoms with Gasteiger partial charge in [0.05, 0.1) is 13.7 Å². The average Bonchev–Trinajstić information content (AvgIpc) is 2.81. The second kappa shape index (κ2) is 12.9. The third kappa shape index (κ3) is 7.23. The average molecular weight is 539 g/mol. The van der Waals surface area contributed by atoms with E-state index in [1.54, 1.807) is 37.7 Å². The minimum absolute atomic E-state index is 0. The lowest BCUT2D eigenvalue weighted by Gasteiger charge is -2.36. The van der Waals surface area contributed by atoms with Gasteiger partial charge in [-0.3, -0.25) is 9.79 Å². The first-order chi connectivity index (χ1) is 14.7. The van der Waals surface area contributed by atoms with Crippen LogP contribution in [-0.4, -0.2) is 79.7 Å². The Kier molecular flexibility index (Phi) is 10.3. The summed E-state index contributed by atoms with van der Waals surface area (Å²) in [6.45, 7) is 7.14. The van der Waals surface area contributed by atoms with Crippen LogP contribution in [0.2, 0.25) is 0 Å². The predicted molar refractivity (Wildman–Crippen MR) is 133 cm³/mol. The zero-order chi connectivity index (χ0) is 21.2. The van der Waals surface area contributed by atoms with Crippen molar-refractivity contribution in [2.45, 2.75) is 6.92 Å². The molecule has 0 saturated carbocycles. The third-order valence-corrected chi connectivity index (χ3v) is 4.74. The summed E-state index contributed by atoms with van der Waals surface area (Å²) in [7, 11) is 1.58. The van der Waals surface area contributed by atoms with E-state index in [0.29, 0.717) is 24.4 Å². The number of hydrogen-bond acceptors (Lipinski definition) is 6. The molecular weight excluding hydrogens is 509 g/mol. The maximum Gasteiger partial charge on any atom is 0.251 e. The van der Waals surface area contributed by atoms with Gasteiger partial charge in [-0.25, -0.2) is 9.97 Å². The molecule has 1 saturated heterocycles. The predicted octanol–water partition coefficient (Wildman–Crippen LogP) is 1.62. The first-order valence-corrected chi connectivity index (χ1v) is 10.2. The number of aliphatic imine (C=N–C) groups is 1. The number of guanidine groups is 1. The third-order valence-electron chi connectivity index (χ3n) is 4.74. The molecule has 2 N–H and O–H groups in total. The molecule has 1 aliphatic rings. The van der Waals surface area contributed by atoms with Crippen molar-refractivity contribution in [1.29, 1.82) is 0 Å². The molecule has 2 heterocycles. The molecule has 1 aromatic carbocycles. The molecule has 1 amide bonds. The fraction of sp³-hybridized carbons (Fsp3) is 0.429. The number of nitrogens with zero attached hydrogens (tertiary/aromatic N) is 5. The molecule has 31 heavy (non-hydrogen) atoms. The van der Waals surface area contributed by atoms with Crippen LogP contribution in [0.5, 0.6) is 5.75 Å². The van der Waals surface area contributed by atoms with Gasteiger partial charge in [-0.05, 0) is 31.2 Å². The second-order valence-electron chi connectivity index (χ2n) is 6.75. The van der Waals surface area contributed by atoms with E-state index in [4.69, 9.17) is 4.74 Å². The maximum atomic E-state index is 12.3. The number of carbonyl (C=O) groups excluding carboxylic acids is 1. The molecule has 9 nitrogen and oxygen atoms in total. The first kappa shape index (κ1) is 24.6. The lowest BCUT2D eigenvalue weighted by atomic mass is 10.2. The molecule has 0 bridgehead atoms. The molecule has 1 fully saturated rings. The Hall–Kier alpha value is -2.63. The van der Waals surface area contributed by atoms with Crippen LogP contribution >= 0.6 is 24.0 Å². The molecule has 0 atom stereocenters. The number of nitrogens with one attached hydrogen (secondary N) is 2. The van der Waals surface area contributed by atoms with Crippen molar-refractivity contribution in [3.05, 3.63) is 48.3 Å². The molecule has 0 aliphatic carbocycles. The number of carbonyl (C=O) groups is 1. The van der Waals surface area contributed by atoms with Crippen LogP contribution in [0, 0.1) is 0 Å². The van der Waals surface area contributed by atoms with Crippen LogP contribution in [0.4, 0.5) is 5.95 Å². The highest BCUT2D eigenvalue weighted by Crippen LogP contribution is 2.12. The molecule has 168 valence electrons. The SMILES string of the molecule is CCNC(=NCCNC(=O)c1cccc(OC)c1)N1CCN(c2ncccn2)CC1.I. The summed E-state index contributed by atoms with van der Waals surface area (Å²) in [4.78, 5) is 30.0. The summed E-state index contributed by atoms with van der Waals surface area (Å²) in [5, 5.41) is 6.25. The van der Waals surface area contributed by atoms with E-state index in [1.165, 1.54) is 0 Å². The minimum atomic E-state index is -0.134. The lowest BCUT2D eigenvalue weighted by Crippen LogP contribution is -2.53. The van der Waals surface area contributed by atoms with Gasteiger partial charge in [0.25, 0.3) is 5.91 Å². The summed E-state index contributed by atoms with van der Waals surface area (Å²) < 4.78 is 5.17. The Labute approximate surface area is 200 Å². The standard InChI is InChI=1S/C21H29N7O2.HI/c1-3-22-20(27-12-14-28(15-13-27)21-24-8-5-9-25-21)26-11-10-23-19(29)17-6-4-7-18(16-17)30-2;/h4-9,16H,3,10-15H2,1-2H3,(H,22,26)(H,23,29);1H. The highest BCUT2D eigenvalue weighted by atomic mass is 127. The summed E-state index contributed by atoms with van der Waals surface area (Å²) in [5.74, 6) is 2.15. The fourth-order valence-corrected chi connectivity index (χ4v) is 3.20. The van der Waals surface area contributed by atoms with Crippen molar-refractivity contribution < 1.29 is 9.53 Å². The number of ether oxygens (including phenoxy) is 1. The van der Waals surface area contributed by atoms with Gasteiger partial charge in [-0.2, -0.15) is 0 Å². The van der Waals surface area contributed by atoms with E-state index in [2.05, 4.69) is 35.4 Å². The van der Waals surface area contributed by atoms with Crippen molar-refractivity contribution >= 4 is 41.8 Å². The Balaban J connectivity index is 0.00000341. The number of halogens is 1. The summed E-state index contributed by atoms with van der Waals surface area (Å²) in [6.07, 6.45) is 3.53. The molecule has 3 rings (SSSR count).